The number of benzene rings is 2. The Balaban J connectivity index is 1.23. The molecule has 4 rings (SSSR count). The maximum Gasteiger partial charge on any atom is 0.234 e. The van der Waals surface area contributed by atoms with E-state index in [0.29, 0.717) is 24.2 Å². The lowest BCUT2D eigenvalue weighted by Crippen LogP contribution is -2.60. The standard InChI is InChI=1S/C24H25N5O2/c25-9-18-1-5-20(6-2-18)11-27-24(30)17-29-15-22-13-28(14-23(16-29)31-22)12-21-7-3-19(10-26)4-8-21/h1-8,22-23H,11-17H2,(H,27,30). The lowest BCUT2D eigenvalue weighted by atomic mass is 10.1. The van der Waals surface area contributed by atoms with Crippen molar-refractivity contribution in [3.63, 3.8) is 0 Å². The quantitative estimate of drug-likeness (QED) is 0.771. The van der Waals surface area contributed by atoms with Crippen LogP contribution < -0.4 is 5.32 Å². The molecule has 7 nitrogen and oxygen atoms in total. The number of ether oxygens (including phenoxy) is 1. The highest BCUT2D eigenvalue weighted by Crippen LogP contribution is 2.21. The molecule has 1 amide bonds. The molecule has 2 unspecified atom stereocenters. The summed E-state index contributed by atoms with van der Waals surface area (Å²) in [7, 11) is 0. The fraction of sp³-hybridized carbons (Fsp3) is 0.375. The molecule has 2 saturated heterocycles. The monoisotopic (exact) mass is 415 g/mol. The molecule has 2 aromatic rings. The summed E-state index contributed by atoms with van der Waals surface area (Å²) in [4.78, 5) is 17.0. The Kier molecular flexibility index (Phi) is 6.59. The average molecular weight is 415 g/mol. The molecule has 2 aliphatic heterocycles. The molecule has 0 aromatic heterocycles. The van der Waals surface area contributed by atoms with E-state index < -0.39 is 0 Å². The van der Waals surface area contributed by atoms with Crippen molar-refractivity contribution in [2.24, 2.45) is 0 Å². The van der Waals surface area contributed by atoms with Gasteiger partial charge >= 0.3 is 0 Å². The van der Waals surface area contributed by atoms with Crippen LogP contribution in [0.5, 0.6) is 0 Å². The van der Waals surface area contributed by atoms with Gasteiger partial charge in [0, 0.05) is 39.3 Å². The second kappa shape index (κ2) is 9.72. The second-order valence-electron chi connectivity index (χ2n) is 8.16. The van der Waals surface area contributed by atoms with E-state index in [0.717, 1.165) is 38.3 Å². The van der Waals surface area contributed by atoms with Crippen LogP contribution in [0.2, 0.25) is 0 Å². The van der Waals surface area contributed by atoms with Gasteiger partial charge < -0.3 is 10.1 Å². The van der Waals surface area contributed by atoms with Gasteiger partial charge in [-0.25, -0.2) is 0 Å². The van der Waals surface area contributed by atoms with Gasteiger partial charge in [0.1, 0.15) is 0 Å². The highest BCUT2D eigenvalue weighted by atomic mass is 16.5. The first-order chi connectivity index (χ1) is 15.1. The van der Waals surface area contributed by atoms with Crippen LogP contribution in [0.3, 0.4) is 0 Å². The van der Waals surface area contributed by atoms with Crippen LogP contribution >= 0.6 is 0 Å². The fourth-order valence-corrected chi connectivity index (χ4v) is 4.22. The van der Waals surface area contributed by atoms with Crippen LogP contribution in [0.1, 0.15) is 22.3 Å². The summed E-state index contributed by atoms with van der Waals surface area (Å²) in [5, 5.41) is 20.8. The molecule has 2 aromatic carbocycles. The van der Waals surface area contributed by atoms with E-state index in [4.69, 9.17) is 15.3 Å². The predicted molar refractivity (Wildman–Crippen MR) is 115 cm³/mol. The number of hydrogen-bond donors (Lipinski definition) is 1. The summed E-state index contributed by atoms with van der Waals surface area (Å²) in [5.41, 5.74) is 3.46. The molecular weight excluding hydrogens is 390 g/mol. The number of amides is 1. The third-order valence-electron chi connectivity index (χ3n) is 5.66. The molecular formula is C24H25N5O2. The largest absolute Gasteiger partial charge is 0.370 e. The van der Waals surface area contributed by atoms with Crippen molar-refractivity contribution in [3.05, 3.63) is 70.8 Å². The van der Waals surface area contributed by atoms with Crippen LogP contribution in [0, 0.1) is 22.7 Å². The lowest BCUT2D eigenvalue weighted by molar-refractivity contribution is -0.146. The van der Waals surface area contributed by atoms with Crippen molar-refractivity contribution in [2.45, 2.75) is 25.3 Å². The van der Waals surface area contributed by atoms with E-state index in [9.17, 15) is 4.79 Å². The molecule has 0 saturated carbocycles. The summed E-state index contributed by atoms with van der Waals surface area (Å²) in [6.07, 6.45) is 0.189. The normalized spacial score (nSPS) is 21.1. The van der Waals surface area contributed by atoms with Crippen LogP contribution in [-0.2, 0) is 22.6 Å². The van der Waals surface area contributed by atoms with E-state index in [1.807, 2.05) is 36.4 Å². The Hall–Kier alpha value is -3.23. The Morgan fingerprint density at radius 3 is 1.94 bits per heavy atom. The van der Waals surface area contributed by atoms with E-state index in [2.05, 4.69) is 27.3 Å². The van der Waals surface area contributed by atoms with Gasteiger partial charge in [0.05, 0.1) is 42.0 Å². The van der Waals surface area contributed by atoms with Crippen molar-refractivity contribution in [2.75, 3.05) is 32.7 Å². The third-order valence-corrected chi connectivity index (χ3v) is 5.66. The Morgan fingerprint density at radius 2 is 1.39 bits per heavy atom. The number of nitriles is 2. The van der Waals surface area contributed by atoms with Gasteiger partial charge in [-0.05, 0) is 35.4 Å². The Bertz CT molecular complexity index is 977. The van der Waals surface area contributed by atoms with Gasteiger partial charge in [0.2, 0.25) is 5.91 Å². The van der Waals surface area contributed by atoms with Crippen LogP contribution in [0.25, 0.3) is 0 Å². The first kappa shape index (κ1) is 21.0. The summed E-state index contributed by atoms with van der Waals surface area (Å²) in [5.74, 6) is -0.00114. The molecule has 0 radical (unpaired) electrons. The number of hydrogen-bond acceptors (Lipinski definition) is 6. The molecule has 2 heterocycles. The minimum absolute atomic E-state index is 0.00114. The fourth-order valence-electron chi connectivity index (χ4n) is 4.22. The third kappa shape index (κ3) is 5.68. The van der Waals surface area contributed by atoms with Crippen molar-refractivity contribution < 1.29 is 9.53 Å². The van der Waals surface area contributed by atoms with Crippen molar-refractivity contribution in [3.8, 4) is 12.1 Å². The minimum Gasteiger partial charge on any atom is -0.370 e. The number of nitrogens with zero attached hydrogens (tertiary/aromatic N) is 4. The number of morpholine rings is 2. The van der Waals surface area contributed by atoms with Gasteiger partial charge in [-0.15, -0.1) is 0 Å². The van der Waals surface area contributed by atoms with Crippen molar-refractivity contribution >= 4 is 5.91 Å². The van der Waals surface area contributed by atoms with Crippen LogP contribution in [0.4, 0.5) is 0 Å². The summed E-state index contributed by atoms with van der Waals surface area (Å²) < 4.78 is 6.11. The molecule has 0 aliphatic carbocycles. The van der Waals surface area contributed by atoms with Crippen LogP contribution in [0.15, 0.2) is 48.5 Å². The zero-order valence-electron chi connectivity index (χ0n) is 17.3. The van der Waals surface area contributed by atoms with Crippen molar-refractivity contribution in [1.82, 2.24) is 15.1 Å². The number of fused-ring (bicyclic) bond motifs is 2. The molecule has 158 valence electrons. The van der Waals surface area contributed by atoms with E-state index >= 15 is 0 Å². The van der Waals surface area contributed by atoms with Gasteiger partial charge in [0.25, 0.3) is 0 Å². The van der Waals surface area contributed by atoms with Gasteiger partial charge in [-0.1, -0.05) is 24.3 Å². The Labute approximate surface area is 182 Å². The van der Waals surface area contributed by atoms with E-state index in [-0.39, 0.29) is 18.1 Å². The number of rotatable bonds is 6. The predicted octanol–water partition coefficient (Wildman–Crippen LogP) is 1.63. The van der Waals surface area contributed by atoms with E-state index in [1.165, 1.54) is 5.56 Å². The first-order valence-corrected chi connectivity index (χ1v) is 10.5. The van der Waals surface area contributed by atoms with Crippen molar-refractivity contribution in [1.29, 1.82) is 10.5 Å². The van der Waals surface area contributed by atoms with Crippen LogP contribution in [-0.4, -0.2) is 60.6 Å². The first-order valence-electron chi connectivity index (χ1n) is 10.5. The summed E-state index contributed by atoms with van der Waals surface area (Å²) >= 11 is 0. The average Bonchev–Trinajstić information content (AvgIpc) is 2.78. The molecule has 31 heavy (non-hydrogen) atoms. The smallest absolute Gasteiger partial charge is 0.234 e. The number of nitrogens with one attached hydrogen (secondary N) is 1. The Morgan fingerprint density at radius 1 is 0.871 bits per heavy atom. The van der Waals surface area contributed by atoms with E-state index in [1.54, 1.807) is 12.1 Å². The molecule has 0 spiro atoms. The zero-order chi connectivity index (χ0) is 21.6. The number of carbonyl (C=O) groups excluding carboxylic acids is 1. The molecule has 2 fully saturated rings. The maximum absolute atomic E-state index is 12.4. The maximum atomic E-state index is 12.4. The zero-order valence-corrected chi connectivity index (χ0v) is 17.3. The minimum atomic E-state index is -0.00114. The highest BCUT2D eigenvalue weighted by Gasteiger charge is 2.35. The molecule has 2 atom stereocenters. The molecule has 7 heteroatoms. The SMILES string of the molecule is N#Cc1ccc(CNC(=O)CN2CC3CN(Cc4ccc(C#N)cc4)CC(C2)O3)cc1. The summed E-state index contributed by atoms with van der Waals surface area (Å²) in [6.45, 7) is 4.81. The number of carbonyl (C=O) groups is 1. The molecule has 2 bridgehead atoms. The molecule has 2 aliphatic rings. The van der Waals surface area contributed by atoms with Gasteiger partial charge in [-0.3, -0.25) is 14.6 Å². The van der Waals surface area contributed by atoms with Gasteiger partial charge in [0.15, 0.2) is 0 Å². The lowest BCUT2D eigenvalue weighted by Gasteiger charge is -2.45. The topological polar surface area (TPSA) is 92.4 Å². The summed E-state index contributed by atoms with van der Waals surface area (Å²) in [6, 6.07) is 19.2. The van der Waals surface area contributed by atoms with Gasteiger partial charge in [-0.2, -0.15) is 10.5 Å². The highest BCUT2D eigenvalue weighted by molar-refractivity contribution is 5.78. The second-order valence-corrected chi connectivity index (χ2v) is 8.16. The molecule has 1 N–H and O–H groups in total.